The third kappa shape index (κ3) is 8.34. The van der Waals surface area contributed by atoms with Crippen LogP contribution in [0.1, 0.15) is 61.3 Å². The lowest BCUT2D eigenvalue weighted by Gasteiger charge is -2.35. The van der Waals surface area contributed by atoms with E-state index in [0.29, 0.717) is 13.2 Å². The maximum atomic E-state index is 5.90. The molecule has 0 spiro atoms. The zero-order valence-corrected chi connectivity index (χ0v) is 15.0. The van der Waals surface area contributed by atoms with Crippen molar-refractivity contribution in [2.45, 2.75) is 79.5 Å². The van der Waals surface area contributed by atoms with Crippen LogP contribution in [0, 0.1) is 0 Å². The van der Waals surface area contributed by atoms with Crippen LogP contribution in [0.5, 0.6) is 0 Å². The average Bonchev–Trinajstić information content (AvgIpc) is 2.38. The molecule has 0 saturated carbocycles. The highest BCUT2D eigenvalue weighted by Gasteiger charge is 2.37. The van der Waals surface area contributed by atoms with Gasteiger partial charge in [0.1, 0.15) is 0 Å². The molecule has 1 radical (unpaired) electrons. The van der Waals surface area contributed by atoms with Gasteiger partial charge in [-0.15, -0.1) is 0 Å². The van der Waals surface area contributed by atoms with Crippen LogP contribution in [-0.2, 0) is 22.8 Å². The fourth-order valence-corrected chi connectivity index (χ4v) is 2.53. The topological polar surface area (TPSA) is 46.2 Å². The number of ether oxygens (including phenoxy) is 2. The Morgan fingerprint density at radius 2 is 1.25 bits per heavy atom. The van der Waals surface area contributed by atoms with Gasteiger partial charge in [0.2, 0.25) is 0 Å². The zero-order chi connectivity index (χ0) is 15.6. The molecule has 5 nitrogen and oxygen atoms in total. The first-order chi connectivity index (χ1) is 9.40. The fourth-order valence-electron chi connectivity index (χ4n) is 1.46. The monoisotopic (exact) mass is 307 g/mol. The Morgan fingerprint density at radius 1 is 0.850 bits per heavy atom. The summed E-state index contributed by atoms with van der Waals surface area (Å²) in [5, 5.41) is 0. The molecule has 121 valence electrons. The molecule has 0 aromatic rings. The van der Waals surface area contributed by atoms with Gasteiger partial charge in [-0.1, -0.05) is 13.8 Å². The molecule has 0 heterocycles. The van der Waals surface area contributed by atoms with E-state index in [1.54, 1.807) is 6.92 Å². The van der Waals surface area contributed by atoms with Crippen molar-refractivity contribution < 1.29 is 22.8 Å². The molecule has 6 heteroatoms. The Hall–Kier alpha value is 0.0169. The minimum Gasteiger partial charge on any atom is -0.371 e. The van der Waals surface area contributed by atoms with E-state index in [9.17, 15) is 0 Å². The molecule has 2 unspecified atom stereocenters. The third-order valence-corrected chi connectivity index (χ3v) is 4.36. The van der Waals surface area contributed by atoms with E-state index in [4.69, 9.17) is 22.8 Å². The molecule has 0 aliphatic heterocycles. The lowest BCUT2D eigenvalue weighted by atomic mass is 10.3. The molecular weight excluding hydrogens is 276 g/mol. The minimum absolute atomic E-state index is 0.0376. The van der Waals surface area contributed by atoms with Crippen LogP contribution >= 0.6 is 0 Å². The van der Waals surface area contributed by atoms with Crippen molar-refractivity contribution in [3.63, 3.8) is 0 Å². The Balaban J connectivity index is 4.78. The predicted molar refractivity (Wildman–Crippen MR) is 80.2 cm³/mol. The average molecular weight is 307 g/mol. The maximum Gasteiger partial charge on any atom is 0.581 e. The number of hydrogen-bond donors (Lipinski definition) is 0. The standard InChI is InChI=1S/C14H31O5Si/c1-8-12(5)17-14(7,18-13(6)9-2)19-20(15-10-3)16-11-4/h12-13H,8-11H2,1-7H3. The second kappa shape index (κ2) is 10.7. The molecule has 0 saturated heterocycles. The highest BCUT2D eigenvalue weighted by molar-refractivity contribution is 6.36. The van der Waals surface area contributed by atoms with Crippen LogP contribution in [0.3, 0.4) is 0 Å². The Morgan fingerprint density at radius 3 is 1.55 bits per heavy atom. The summed E-state index contributed by atoms with van der Waals surface area (Å²) in [5.41, 5.74) is 0. The Kier molecular flexibility index (Phi) is 10.7. The van der Waals surface area contributed by atoms with Gasteiger partial charge in [-0.05, 0) is 40.5 Å². The van der Waals surface area contributed by atoms with Crippen molar-refractivity contribution in [3.8, 4) is 0 Å². The number of hydrogen-bond acceptors (Lipinski definition) is 5. The van der Waals surface area contributed by atoms with Crippen LogP contribution in [0.2, 0.25) is 0 Å². The molecule has 0 aliphatic rings. The van der Waals surface area contributed by atoms with Gasteiger partial charge in [0, 0.05) is 20.1 Å². The summed E-state index contributed by atoms with van der Waals surface area (Å²) < 4.78 is 28.7. The summed E-state index contributed by atoms with van der Waals surface area (Å²) in [7, 11) is -1.86. The van der Waals surface area contributed by atoms with Crippen molar-refractivity contribution in [2.75, 3.05) is 13.2 Å². The molecule has 2 atom stereocenters. The summed E-state index contributed by atoms with van der Waals surface area (Å²) in [6, 6.07) is 0. The van der Waals surface area contributed by atoms with Crippen LogP contribution in [0.15, 0.2) is 0 Å². The van der Waals surface area contributed by atoms with Crippen LogP contribution in [0.25, 0.3) is 0 Å². The quantitative estimate of drug-likeness (QED) is 0.409. The molecule has 0 fully saturated rings. The van der Waals surface area contributed by atoms with Crippen LogP contribution in [0.4, 0.5) is 0 Å². The van der Waals surface area contributed by atoms with E-state index < -0.39 is 15.5 Å². The molecule has 20 heavy (non-hydrogen) atoms. The molecule has 0 aliphatic carbocycles. The minimum atomic E-state index is -1.86. The predicted octanol–water partition coefficient (Wildman–Crippen LogP) is 3.36. The van der Waals surface area contributed by atoms with Gasteiger partial charge in [0.05, 0.1) is 12.2 Å². The third-order valence-electron chi connectivity index (χ3n) is 2.77. The van der Waals surface area contributed by atoms with E-state index in [-0.39, 0.29) is 12.2 Å². The van der Waals surface area contributed by atoms with E-state index >= 15 is 0 Å². The lowest BCUT2D eigenvalue weighted by Crippen LogP contribution is -2.47. The first-order valence-corrected chi connectivity index (χ1v) is 8.80. The lowest BCUT2D eigenvalue weighted by molar-refractivity contribution is -0.369. The van der Waals surface area contributed by atoms with E-state index in [2.05, 4.69) is 13.8 Å². The van der Waals surface area contributed by atoms with Crippen molar-refractivity contribution >= 4 is 9.53 Å². The smallest absolute Gasteiger partial charge is 0.371 e. The zero-order valence-electron chi connectivity index (χ0n) is 14.0. The van der Waals surface area contributed by atoms with Gasteiger partial charge >= 0.3 is 9.53 Å². The Labute approximate surface area is 125 Å². The second-order valence-electron chi connectivity index (χ2n) is 4.75. The summed E-state index contributed by atoms with van der Waals surface area (Å²) in [5.74, 6) is -1.14. The van der Waals surface area contributed by atoms with E-state index in [1.807, 2.05) is 27.7 Å². The van der Waals surface area contributed by atoms with Crippen molar-refractivity contribution in [3.05, 3.63) is 0 Å². The SMILES string of the molecule is CCO[Si](OCC)OC(C)(OC(C)CC)OC(C)CC. The second-order valence-corrected chi connectivity index (χ2v) is 6.04. The number of rotatable bonds is 12. The van der Waals surface area contributed by atoms with Gasteiger partial charge in [0.25, 0.3) is 5.97 Å². The first-order valence-electron chi connectivity index (χ1n) is 7.57. The summed E-state index contributed by atoms with van der Waals surface area (Å²) >= 11 is 0. The molecule has 0 bridgehead atoms. The highest BCUT2D eigenvalue weighted by atomic mass is 28.3. The van der Waals surface area contributed by atoms with Crippen molar-refractivity contribution in [1.82, 2.24) is 0 Å². The molecule has 0 aromatic heterocycles. The van der Waals surface area contributed by atoms with E-state index in [0.717, 1.165) is 12.8 Å². The fraction of sp³-hybridized carbons (Fsp3) is 1.00. The van der Waals surface area contributed by atoms with Crippen LogP contribution < -0.4 is 0 Å². The van der Waals surface area contributed by atoms with Crippen LogP contribution in [-0.4, -0.2) is 40.9 Å². The summed E-state index contributed by atoms with van der Waals surface area (Å²) in [6.07, 6.45) is 1.84. The molecule has 0 rings (SSSR count). The van der Waals surface area contributed by atoms with Gasteiger partial charge in [-0.3, -0.25) is 0 Å². The largest absolute Gasteiger partial charge is 0.581 e. The first kappa shape index (κ1) is 20.0. The molecule has 0 N–H and O–H groups in total. The van der Waals surface area contributed by atoms with E-state index in [1.165, 1.54) is 0 Å². The van der Waals surface area contributed by atoms with Gasteiger partial charge in [-0.25, -0.2) is 0 Å². The van der Waals surface area contributed by atoms with Gasteiger partial charge in [0.15, 0.2) is 0 Å². The summed E-state index contributed by atoms with van der Waals surface area (Å²) in [6.45, 7) is 14.8. The molecule has 0 aromatic carbocycles. The normalized spacial score (nSPS) is 18.0. The highest BCUT2D eigenvalue weighted by Crippen LogP contribution is 2.23. The van der Waals surface area contributed by atoms with Gasteiger partial charge < -0.3 is 22.8 Å². The Bertz CT molecular complexity index is 222. The summed E-state index contributed by atoms with van der Waals surface area (Å²) in [4.78, 5) is 0. The molecular formula is C14H31O5Si. The van der Waals surface area contributed by atoms with Gasteiger partial charge in [-0.2, -0.15) is 0 Å². The molecule has 0 amide bonds. The van der Waals surface area contributed by atoms with Crippen molar-refractivity contribution in [1.29, 1.82) is 0 Å². The maximum absolute atomic E-state index is 5.90. The van der Waals surface area contributed by atoms with Crippen molar-refractivity contribution in [2.24, 2.45) is 0 Å².